The lowest BCUT2D eigenvalue weighted by Crippen LogP contribution is -2.21. The molecule has 0 saturated carbocycles. The molecule has 3 heterocycles. The molecule has 0 bridgehead atoms. The van der Waals surface area contributed by atoms with Crippen molar-refractivity contribution >= 4 is 11.8 Å². The van der Waals surface area contributed by atoms with Crippen LogP contribution in [0.1, 0.15) is 36.8 Å². The molecule has 2 aromatic rings. The van der Waals surface area contributed by atoms with E-state index in [-0.39, 0.29) is 0 Å². The smallest absolute Gasteiger partial charge is 0.227 e. The molecule has 0 aromatic carbocycles. The van der Waals surface area contributed by atoms with E-state index in [1.54, 1.807) is 0 Å². The molecule has 0 unspecified atom stereocenters. The zero-order valence-electron chi connectivity index (χ0n) is 12.5. The molecule has 3 rings (SSSR count). The number of aromatic nitrogens is 4. The molecule has 0 aliphatic carbocycles. The van der Waals surface area contributed by atoms with Crippen LogP contribution in [-0.4, -0.2) is 33.4 Å². The summed E-state index contributed by atoms with van der Waals surface area (Å²) in [6.45, 7) is 6.61. The first-order valence-electron chi connectivity index (χ1n) is 7.41. The van der Waals surface area contributed by atoms with E-state index in [0.29, 0.717) is 6.54 Å². The van der Waals surface area contributed by atoms with Crippen LogP contribution in [0.4, 0.5) is 11.8 Å². The quantitative estimate of drug-likeness (QED) is 0.900. The Morgan fingerprint density at radius 3 is 2.71 bits per heavy atom. The van der Waals surface area contributed by atoms with Gasteiger partial charge in [0.25, 0.3) is 0 Å². The number of aryl methyl sites for hydroxylation is 2. The van der Waals surface area contributed by atoms with Crippen LogP contribution in [0.25, 0.3) is 0 Å². The lowest BCUT2D eigenvalue weighted by molar-refractivity contribution is 0.301. The van der Waals surface area contributed by atoms with E-state index < -0.39 is 0 Å². The molecule has 1 N–H and O–H groups in total. The predicted molar refractivity (Wildman–Crippen MR) is 79.2 cm³/mol. The van der Waals surface area contributed by atoms with E-state index in [9.17, 15) is 0 Å². The molecule has 21 heavy (non-hydrogen) atoms. The first-order valence-corrected chi connectivity index (χ1v) is 7.41. The molecule has 0 atom stereocenters. The molecule has 0 amide bonds. The minimum Gasteiger partial charge on any atom is -0.364 e. The maximum Gasteiger partial charge on any atom is 0.227 e. The number of hydrogen-bond acceptors (Lipinski definition) is 7. The van der Waals surface area contributed by atoms with Gasteiger partial charge in [-0.25, -0.2) is 9.61 Å². The molecule has 112 valence electrons. The summed E-state index contributed by atoms with van der Waals surface area (Å²) in [6.07, 6.45) is 3.32. The summed E-state index contributed by atoms with van der Waals surface area (Å²) in [6, 6.07) is 1.99. The highest BCUT2D eigenvalue weighted by Gasteiger charge is 2.16. The molecular formula is C14H20N6O. The van der Waals surface area contributed by atoms with Gasteiger partial charge in [0.1, 0.15) is 17.2 Å². The zero-order valence-corrected chi connectivity index (χ0v) is 12.5. The van der Waals surface area contributed by atoms with Crippen LogP contribution in [-0.2, 0) is 13.0 Å². The van der Waals surface area contributed by atoms with Crippen molar-refractivity contribution in [3.8, 4) is 0 Å². The van der Waals surface area contributed by atoms with Gasteiger partial charge in [-0.15, -0.1) is 0 Å². The van der Waals surface area contributed by atoms with Crippen molar-refractivity contribution < 1.29 is 4.63 Å². The average Bonchev–Trinajstić information content (AvgIpc) is 3.16. The fraction of sp³-hybridized carbons (Fsp3) is 0.571. The molecular weight excluding hydrogens is 268 g/mol. The van der Waals surface area contributed by atoms with Gasteiger partial charge in [0.15, 0.2) is 0 Å². The molecule has 2 aromatic heterocycles. The molecule has 7 heteroatoms. The predicted octanol–water partition coefficient (Wildman–Crippen LogP) is 1.94. The van der Waals surface area contributed by atoms with Gasteiger partial charge in [-0.1, -0.05) is 17.2 Å². The minimum atomic E-state index is 0.551. The van der Waals surface area contributed by atoms with Gasteiger partial charge in [-0.05, 0) is 26.2 Å². The lowest BCUT2D eigenvalue weighted by atomic mass is 10.3. The number of nitrogens with one attached hydrogen (secondary N) is 1. The minimum absolute atomic E-state index is 0.551. The Balaban J connectivity index is 1.77. The summed E-state index contributed by atoms with van der Waals surface area (Å²) >= 11 is 0. The zero-order chi connectivity index (χ0) is 14.7. The van der Waals surface area contributed by atoms with Crippen LogP contribution in [0, 0.1) is 6.92 Å². The highest BCUT2D eigenvalue weighted by molar-refractivity contribution is 5.44. The van der Waals surface area contributed by atoms with Gasteiger partial charge in [0, 0.05) is 24.8 Å². The van der Waals surface area contributed by atoms with Gasteiger partial charge >= 0.3 is 0 Å². The normalized spacial score (nSPS) is 14.7. The average molecular weight is 288 g/mol. The molecule has 1 fully saturated rings. The largest absolute Gasteiger partial charge is 0.364 e. The molecule has 1 aliphatic heterocycles. The summed E-state index contributed by atoms with van der Waals surface area (Å²) in [5.74, 6) is 1.65. The van der Waals surface area contributed by atoms with E-state index >= 15 is 0 Å². The molecule has 7 nitrogen and oxygen atoms in total. The van der Waals surface area contributed by atoms with Crippen LogP contribution in [0.15, 0.2) is 10.7 Å². The van der Waals surface area contributed by atoms with Crippen molar-refractivity contribution in [3.63, 3.8) is 0 Å². The SMILES string of the molecule is CCc1cc(NCc2nonc2C)nc(N2CCCC2)n1. The van der Waals surface area contributed by atoms with Gasteiger partial charge in [-0.2, -0.15) is 4.98 Å². The summed E-state index contributed by atoms with van der Waals surface area (Å²) in [5, 5.41) is 10.9. The molecule has 0 radical (unpaired) electrons. The third kappa shape index (κ3) is 3.12. The number of anilines is 2. The standard InChI is InChI=1S/C14H20N6O/c1-3-11-8-13(15-9-12-10(2)18-21-19-12)17-14(16-11)20-6-4-5-7-20/h8H,3-7,9H2,1-2H3,(H,15,16,17). The van der Waals surface area contributed by atoms with Crippen molar-refractivity contribution in [3.05, 3.63) is 23.1 Å². The highest BCUT2D eigenvalue weighted by atomic mass is 16.6. The molecule has 0 spiro atoms. The van der Waals surface area contributed by atoms with Gasteiger partial charge in [0.2, 0.25) is 5.95 Å². The Morgan fingerprint density at radius 2 is 2.05 bits per heavy atom. The Labute approximate surface area is 123 Å². The van der Waals surface area contributed by atoms with Crippen LogP contribution in [0.5, 0.6) is 0 Å². The van der Waals surface area contributed by atoms with Crippen molar-refractivity contribution in [2.75, 3.05) is 23.3 Å². The summed E-state index contributed by atoms with van der Waals surface area (Å²) in [5.41, 5.74) is 2.64. The first-order chi connectivity index (χ1) is 10.3. The van der Waals surface area contributed by atoms with Crippen LogP contribution in [0.3, 0.4) is 0 Å². The Kier molecular flexibility index (Phi) is 3.98. The third-order valence-corrected chi connectivity index (χ3v) is 3.70. The van der Waals surface area contributed by atoms with Crippen molar-refractivity contribution in [2.45, 2.75) is 39.7 Å². The van der Waals surface area contributed by atoms with E-state index in [0.717, 1.165) is 48.4 Å². The Bertz CT molecular complexity index is 605. The van der Waals surface area contributed by atoms with Gasteiger partial charge < -0.3 is 10.2 Å². The first kappa shape index (κ1) is 13.8. The fourth-order valence-electron chi connectivity index (χ4n) is 2.40. The fourth-order valence-corrected chi connectivity index (χ4v) is 2.40. The third-order valence-electron chi connectivity index (χ3n) is 3.70. The summed E-state index contributed by atoms with van der Waals surface area (Å²) in [4.78, 5) is 11.5. The maximum absolute atomic E-state index is 4.70. The molecule has 1 aliphatic rings. The molecule has 1 saturated heterocycles. The second-order valence-electron chi connectivity index (χ2n) is 5.24. The number of rotatable bonds is 5. The Hall–Kier alpha value is -2.18. The van der Waals surface area contributed by atoms with Gasteiger partial charge in [-0.3, -0.25) is 0 Å². The lowest BCUT2D eigenvalue weighted by Gasteiger charge is -2.17. The van der Waals surface area contributed by atoms with E-state index in [1.165, 1.54) is 12.8 Å². The Morgan fingerprint density at radius 1 is 1.24 bits per heavy atom. The number of nitrogens with zero attached hydrogens (tertiary/aromatic N) is 5. The van der Waals surface area contributed by atoms with Gasteiger partial charge in [0.05, 0.1) is 6.54 Å². The van der Waals surface area contributed by atoms with Crippen molar-refractivity contribution in [2.24, 2.45) is 0 Å². The van der Waals surface area contributed by atoms with E-state index in [4.69, 9.17) is 4.63 Å². The van der Waals surface area contributed by atoms with E-state index in [1.807, 2.05) is 13.0 Å². The van der Waals surface area contributed by atoms with Crippen molar-refractivity contribution in [1.82, 2.24) is 20.3 Å². The summed E-state index contributed by atoms with van der Waals surface area (Å²) in [7, 11) is 0. The van der Waals surface area contributed by atoms with Crippen molar-refractivity contribution in [1.29, 1.82) is 0 Å². The second-order valence-corrected chi connectivity index (χ2v) is 5.24. The second kappa shape index (κ2) is 6.07. The topological polar surface area (TPSA) is 80.0 Å². The number of hydrogen-bond donors (Lipinski definition) is 1. The van der Waals surface area contributed by atoms with E-state index in [2.05, 4.69) is 37.4 Å². The summed E-state index contributed by atoms with van der Waals surface area (Å²) < 4.78 is 4.70. The van der Waals surface area contributed by atoms with Crippen LogP contribution < -0.4 is 10.2 Å². The highest BCUT2D eigenvalue weighted by Crippen LogP contribution is 2.19. The maximum atomic E-state index is 4.70. The van der Waals surface area contributed by atoms with Crippen LogP contribution in [0.2, 0.25) is 0 Å². The monoisotopic (exact) mass is 288 g/mol. The van der Waals surface area contributed by atoms with Crippen LogP contribution >= 0.6 is 0 Å².